The Labute approximate surface area is 128 Å². The van der Waals surface area contributed by atoms with Gasteiger partial charge < -0.3 is 10.2 Å². The Morgan fingerprint density at radius 3 is 2.24 bits per heavy atom. The molecule has 0 saturated carbocycles. The minimum absolute atomic E-state index is 0.324. The molecule has 0 aliphatic heterocycles. The third-order valence-corrected chi connectivity index (χ3v) is 4.93. The molecule has 0 aliphatic rings. The van der Waals surface area contributed by atoms with Crippen molar-refractivity contribution in [2.75, 3.05) is 33.2 Å². The van der Waals surface area contributed by atoms with Gasteiger partial charge in [0.15, 0.2) is 0 Å². The zero-order valence-corrected chi connectivity index (χ0v) is 14.0. The summed E-state index contributed by atoms with van der Waals surface area (Å²) in [6, 6.07) is 6.97. The van der Waals surface area contributed by atoms with E-state index < -0.39 is 10.0 Å². The van der Waals surface area contributed by atoms with Gasteiger partial charge in [-0.25, -0.2) is 13.1 Å². The van der Waals surface area contributed by atoms with Crippen molar-refractivity contribution in [2.45, 2.75) is 31.7 Å². The molecule has 0 aromatic heterocycles. The smallest absolute Gasteiger partial charge is 0.240 e. The Morgan fingerprint density at radius 2 is 1.71 bits per heavy atom. The summed E-state index contributed by atoms with van der Waals surface area (Å²) in [7, 11) is -1.53. The van der Waals surface area contributed by atoms with Gasteiger partial charge in [-0.15, -0.1) is 0 Å². The molecule has 6 heteroatoms. The number of rotatable bonds is 10. The van der Waals surface area contributed by atoms with Gasteiger partial charge in [-0.3, -0.25) is 0 Å². The summed E-state index contributed by atoms with van der Waals surface area (Å²) in [5, 5.41) is 3.04. The summed E-state index contributed by atoms with van der Waals surface area (Å²) in [6.07, 6.45) is 0.818. The van der Waals surface area contributed by atoms with Crippen molar-refractivity contribution in [2.24, 2.45) is 0 Å². The van der Waals surface area contributed by atoms with Crippen molar-refractivity contribution < 1.29 is 8.42 Å². The summed E-state index contributed by atoms with van der Waals surface area (Å²) in [5.74, 6) is 0. The molecular weight excluding hydrogens is 286 g/mol. The minimum atomic E-state index is -3.39. The summed E-state index contributed by atoms with van der Waals surface area (Å²) < 4.78 is 26.9. The van der Waals surface area contributed by atoms with Gasteiger partial charge in [-0.1, -0.05) is 26.0 Å². The summed E-state index contributed by atoms with van der Waals surface area (Å²) in [5.41, 5.74) is 1.07. The summed E-state index contributed by atoms with van der Waals surface area (Å²) >= 11 is 0. The number of benzene rings is 1. The lowest BCUT2D eigenvalue weighted by Gasteiger charge is -2.17. The molecule has 0 atom stereocenters. The van der Waals surface area contributed by atoms with Crippen molar-refractivity contribution in [1.29, 1.82) is 0 Å². The standard InChI is InChI=1S/C15H27N3O2S/c1-4-18(5-2)12-6-11-17-21(19,20)15-9-7-14(8-10-15)13-16-3/h7-10,16-17H,4-6,11-13H2,1-3H3. The molecule has 1 rings (SSSR count). The summed E-state index contributed by atoms with van der Waals surface area (Å²) in [6.45, 7) is 8.33. The van der Waals surface area contributed by atoms with Crippen LogP contribution in [0.4, 0.5) is 0 Å². The van der Waals surface area contributed by atoms with Crippen molar-refractivity contribution >= 4 is 10.0 Å². The lowest BCUT2D eigenvalue weighted by molar-refractivity contribution is 0.300. The molecule has 120 valence electrons. The first-order chi connectivity index (χ1) is 10.0. The molecule has 0 heterocycles. The van der Waals surface area contributed by atoms with Crippen LogP contribution in [0.3, 0.4) is 0 Å². The van der Waals surface area contributed by atoms with E-state index in [0.717, 1.165) is 38.2 Å². The highest BCUT2D eigenvalue weighted by Crippen LogP contribution is 2.10. The highest BCUT2D eigenvalue weighted by molar-refractivity contribution is 7.89. The SMILES string of the molecule is CCN(CC)CCCNS(=O)(=O)c1ccc(CNC)cc1. The van der Waals surface area contributed by atoms with E-state index >= 15 is 0 Å². The topological polar surface area (TPSA) is 61.4 Å². The molecule has 0 bridgehead atoms. The number of hydrogen-bond acceptors (Lipinski definition) is 4. The van der Waals surface area contributed by atoms with Gasteiger partial charge in [0.25, 0.3) is 0 Å². The van der Waals surface area contributed by atoms with Crippen LogP contribution in [-0.2, 0) is 16.6 Å². The van der Waals surface area contributed by atoms with Gasteiger partial charge in [0.1, 0.15) is 0 Å². The Hall–Kier alpha value is -0.950. The van der Waals surface area contributed by atoms with E-state index in [2.05, 4.69) is 28.8 Å². The number of nitrogens with one attached hydrogen (secondary N) is 2. The van der Waals surface area contributed by atoms with E-state index in [1.54, 1.807) is 12.1 Å². The average molecular weight is 313 g/mol. The van der Waals surface area contributed by atoms with Gasteiger partial charge >= 0.3 is 0 Å². The predicted octanol–water partition coefficient (Wildman–Crippen LogP) is 1.42. The van der Waals surface area contributed by atoms with E-state index in [0.29, 0.717) is 11.4 Å². The Kier molecular flexibility index (Phi) is 7.88. The zero-order valence-electron chi connectivity index (χ0n) is 13.2. The Balaban J connectivity index is 2.49. The molecule has 0 aliphatic carbocycles. The lowest BCUT2D eigenvalue weighted by Crippen LogP contribution is -2.30. The van der Waals surface area contributed by atoms with Gasteiger partial charge in [-0.05, 0) is 50.8 Å². The summed E-state index contributed by atoms with van der Waals surface area (Å²) in [4.78, 5) is 2.60. The van der Waals surface area contributed by atoms with E-state index in [9.17, 15) is 8.42 Å². The second-order valence-corrected chi connectivity index (χ2v) is 6.72. The second kappa shape index (κ2) is 9.15. The van der Waals surface area contributed by atoms with Crippen molar-refractivity contribution in [1.82, 2.24) is 14.9 Å². The van der Waals surface area contributed by atoms with Crippen molar-refractivity contribution in [3.8, 4) is 0 Å². The molecule has 5 nitrogen and oxygen atoms in total. The van der Waals surface area contributed by atoms with Crippen LogP contribution in [0, 0.1) is 0 Å². The molecule has 0 fully saturated rings. The molecule has 0 spiro atoms. The maximum absolute atomic E-state index is 12.1. The second-order valence-electron chi connectivity index (χ2n) is 4.95. The fourth-order valence-corrected chi connectivity index (χ4v) is 3.20. The van der Waals surface area contributed by atoms with Crippen LogP contribution < -0.4 is 10.0 Å². The first kappa shape index (κ1) is 18.1. The minimum Gasteiger partial charge on any atom is -0.316 e. The molecule has 1 aromatic rings. The molecule has 21 heavy (non-hydrogen) atoms. The maximum Gasteiger partial charge on any atom is 0.240 e. The molecule has 2 N–H and O–H groups in total. The van der Waals surface area contributed by atoms with E-state index in [-0.39, 0.29) is 0 Å². The quantitative estimate of drug-likeness (QED) is 0.641. The molecule has 1 aromatic carbocycles. The van der Waals surface area contributed by atoms with Crippen LogP contribution in [0.5, 0.6) is 0 Å². The van der Waals surface area contributed by atoms with Crippen molar-refractivity contribution in [3.05, 3.63) is 29.8 Å². The van der Waals surface area contributed by atoms with E-state index in [4.69, 9.17) is 0 Å². The molecular formula is C15H27N3O2S. The van der Waals surface area contributed by atoms with Crippen LogP contribution >= 0.6 is 0 Å². The lowest BCUT2D eigenvalue weighted by atomic mass is 10.2. The fraction of sp³-hybridized carbons (Fsp3) is 0.600. The number of sulfonamides is 1. The third-order valence-electron chi connectivity index (χ3n) is 3.45. The molecule has 0 amide bonds. The van der Waals surface area contributed by atoms with Crippen LogP contribution in [0.15, 0.2) is 29.2 Å². The number of hydrogen-bond donors (Lipinski definition) is 2. The predicted molar refractivity (Wildman–Crippen MR) is 86.8 cm³/mol. The van der Waals surface area contributed by atoms with Crippen LogP contribution in [-0.4, -0.2) is 46.5 Å². The first-order valence-electron chi connectivity index (χ1n) is 7.49. The van der Waals surface area contributed by atoms with E-state index in [1.807, 2.05) is 19.2 Å². The van der Waals surface area contributed by atoms with Gasteiger partial charge in [0.2, 0.25) is 10.0 Å². The van der Waals surface area contributed by atoms with Crippen molar-refractivity contribution in [3.63, 3.8) is 0 Å². The van der Waals surface area contributed by atoms with Gasteiger partial charge in [0.05, 0.1) is 4.90 Å². The number of nitrogens with zero attached hydrogens (tertiary/aromatic N) is 1. The first-order valence-corrected chi connectivity index (χ1v) is 8.97. The van der Waals surface area contributed by atoms with Crippen LogP contribution in [0.25, 0.3) is 0 Å². The fourth-order valence-electron chi connectivity index (χ4n) is 2.12. The molecule has 0 unspecified atom stereocenters. The average Bonchev–Trinajstić information content (AvgIpc) is 2.48. The highest BCUT2D eigenvalue weighted by atomic mass is 32.2. The largest absolute Gasteiger partial charge is 0.316 e. The third kappa shape index (κ3) is 6.13. The van der Waals surface area contributed by atoms with Crippen LogP contribution in [0.1, 0.15) is 25.8 Å². The van der Waals surface area contributed by atoms with E-state index in [1.165, 1.54) is 0 Å². The molecule has 0 saturated heterocycles. The zero-order chi connectivity index (χ0) is 15.7. The maximum atomic E-state index is 12.1. The highest BCUT2D eigenvalue weighted by Gasteiger charge is 2.13. The van der Waals surface area contributed by atoms with Gasteiger partial charge in [0, 0.05) is 13.1 Å². The Bertz CT molecular complexity index is 496. The monoisotopic (exact) mass is 313 g/mol. The Morgan fingerprint density at radius 1 is 1.10 bits per heavy atom. The van der Waals surface area contributed by atoms with Gasteiger partial charge in [-0.2, -0.15) is 0 Å². The molecule has 0 radical (unpaired) electrons. The van der Waals surface area contributed by atoms with Crippen LogP contribution in [0.2, 0.25) is 0 Å². The normalized spacial score (nSPS) is 12.0.